The smallest absolute Gasteiger partial charge is 0.248 e. The topological polar surface area (TPSA) is 86.2 Å². The van der Waals surface area contributed by atoms with E-state index in [1.54, 1.807) is 18.2 Å². The molecule has 0 spiro atoms. The Hall–Kier alpha value is -1.84. The Labute approximate surface area is 113 Å². The first-order valence-corrected chi connectivity index (χ1v) is 6.80. The van der Waals surface area contributed by atoms with Crippen molar-refractivity contribution in [1.29, 1.82) is 0 Å². The van der Waals surface area contributed by atoms with Crippen LogP contribution in [0, 0.1) is 5.92 Å². The van der Waals surface area contributed by atoms with E-state index in [-0.39, 0.29) is 0 Å². The minimum absolute atomic E-state index is 0.441. The normalized spacial score (nSPS) is 16.2. The molecule has 0 heterocycles. The number of benzene rings is 1. The van der Waals surface area contributed by atoms with E-state index in [4.69, 9.17) is 11.5 Å². The number of primary amides is 2. The van der Waals surface area contributed by atoms with Crippen molar-refractivity contribution in [2.45, 2.75) is 38.5 Å². The zero-order chi connectivity index (χ0) is 13.8. The number of rotatable bonds is 4. The molecular weight excluding hydrogens is 240 g/mol. The van der Waals surface area contributed by atoms with Crippen LogP contribution in [0.15, 0.2) is 18.2 Å². The van der Waals surface area contributed by atoms with Crippen molar-refractivity contribution in [3.63, 3.8) is 0 Å². The summed E-state index contributed by atoms with van der Waals surface area (Å²) < 4.78 is 0. The molecule has 0 bridgehead atoms. The monoisotopic (exact) mass is 260 g/mol. The van der Waals surface area contributed by atoms with E-state index in [9.17, 15) is 9.59 Å². The number of hydrogen-bond acceptors (Lipinski definition) is 2. The molecule has 0 aromatic heterocycles. The molecule has 0 saturated heterocycles. The van der Waals surface area contributed by atoms with Crippen LogP contribution in [0.25, 0.3) is 0 Å². The fraction of sp³-hybridized carbons (Fsp3) is 0.467. The van der Waals surface area contributed by atoms with Gasteiger partial charge in [0, 0.05) is 11.1 Å². The van der Waals surface area contributed by atoms with Crippen molar-refractivity contribution in [3.8, 4) is 0 Å². The molecule has 4 nitrogen and oxygen atoms in total. The van der Waals surface area contributed by atoms with Crippen LogP contribution in [0.1, 0.15) is 58.4 Å². The van der Waals surface area contributed by atoms with Gasteiger partial charge >= 0.3 is 0 Å². The van der Waals surface area contributed by atoms with E-state index in [2.05, 4.69) is 0 Å². The van der Waals surface area contributed by atoms with E-state index in [1.165, 1.54) is 32.1 Å². The molecule has 0 atom stereocenters. The first kappa shape index (κ1) is 13.6. The van der Waals surface area contributed by atoms with Gasteiger partial charge in [-0.25, -0.2) is 0 Å². The van der Waals surface area contributed by atoms with Gasteiger partial charge in [0.1, 0.15) is 0 Å². The van der Waals surface area contributed by atoms with Crippen molar-refractivity contribution in [2.24, 2.45) is 17.4 Å². The van der Waals surface area contributed by atoms with Gasteiger partial charge in [0.05, 0.1) is 0 Å². The Bertz CT molecular complexity index is 491. The summed E-state index contributed by atoms with van der Waals surface area (Å²) >= 11 is 0. The molecule has 4 N–H and O–H groups in total. The second-order valence-corrected chi connectivity index (χ2v) is 5.31. The van der Waals surface area contributed by atoms with Crippen LogP contribution < -0.4 is 11.5 Å². The first-order chi connectivity index (χ1) is 9.08. The number of carbonyl (C=O) groups excluding carboxylic acids is 2. The van der Waals surface area contributed by atoms with Crippen LogP contribution in [0.3, 0.4) is 0 Å². The lowest BCUT2D eigenvalue weighted by molar-refractivity contribution is 0.0987. The van der Waals surface area contributed by atoms with Crippen LogP contribution in [-0.2, 0) is 6.42 Å². The second kappa shape index (κ2) is 5.87. The third-order valence-electron chi connectivity index (χ3n) is 3.89. The zero-order valence-corrected chi connectivity index (χ0v) is 11.0. The van der Waals surface area contributed by atoms with Crippen molar-refractivity contribution in [2.75, 3.05) is 0 Å². The molecule has 1 aliphatic carbocycles. The average molecular weight is 260 g/mol. The molecule has 0 aliphatic heterocycles. The summed E-state index contributed by atoms with van der Waals surface area (Å²) in [5.41, 5.74) is 12.5. The van der Waals surface area contributed by atoms with Gasteiger partial charge in [-0.1, -0.05) is 32.1 Å². The maximum absolute atomic E-state index is 11.5. The van der Waals surface area contributed by atoms with Crippen molar-refractivity contribution >= 4 is 11.8 Å². The van der Waals surface area contributed by atoms with Crippen LogP contribution in [-0.4, -0.2) is 11.8 Å². The van der Waals surface area contributed by atoms with Crippen LogP contribution in [0.4, 0.5) is 0 Å². The predicted molar refractivity (Wildman–Crippen MR) is 73.8 cm³/mol. The van der Waals surface area contributed by atoms with Gasteiger partial charge in [0.25, 0.3) is 0 Å². The second-order valence-electron chi connectivity index (χ2n) is 5.31. The van der Waals surface area contributed by atoms with Crippen molar-refractivity contribution in [3.05, 3.63) is 34.9 Å². The van der Waals surface area contributed by atoms with E-state index < -0.39 is 11.8 Å². The summed E-state index contributed by atoms with van der Waals surface area (Å²) in [5.74, 6) is -0.335. The lowest BCUT2D eigenvalue weighted by atomic mass is 9.83. The highest BCUT2D eigenvalue weighted by molar-refractivity contribution is 5.97. The van der Waals surface area contributed by atoms with Gasteiger partial charge < -0.3 is 11.5 Å². The third-order valence-corrected chi connectivity index (χ3v) is 3.89. The quantitative estimate of drug-likeness (QED) is 0.867. The molecule has 1 aliphatic rings. The van der Waals surface area contributed by atoms with Gasteiger partial charge in [0.15, 0.2) is 0 Å². The van der Waals surface area contributed by atoms with Crippen molar-refractivity contribution in [1.82, 2.24) is 0 Å². The lowest BCUT2D eigenvalue weighted by Crippen LogP contribution is -2.19. The Morgan fingerprint density at radius 2 is 1.74 bits per heavy atom. The highest BCUT2D eigenvalue weighted by atomic mass is 16.1. The number of amides is 2. The molecule has 19 heavy (non-hydrogen) atoms. The predicted octanol–water partition coefficient (Wildman–Crippen LogP) is 2.01. The molecule has 4 heteroatoms. The highest BCUT2D eigenvalue weighted by Crippen LogP contribution is 2.28. The zero-order valence-electron chi connectivity index (χ0n) is 11.0. The Kier molecular flexibility index (Phi) is 4.20. The molecule has 0 unspecified atom stereocenters. The van der Waals surface area contributed by atoms with Crippen molar-refractivity contribution < 1.29 is 9.59 Å². The molecule has 1 aromatic rings. The summed E-state index contributed by atoms with van der Waals surface area (Å²) in [5, 5.41) is 0. The largest absolute Gasteiger partial charge is 0.366 e. The van der Waals surface area contributed by atoms with Gasteiger partial charge in [-0.05, 0) is 36.1 Å². The molecule has 102 valence electrons. The first-order valence-electron chi connectivity index (χ1n) is 6.80. The standard InChI is InChI=1S/C15H20N2O2/c16-14(18)11-6-7-13(15(17)19)12(9-11)8-10-4-2-1-3-5-10/h6-7,9-10H,1-5,8H2,(H2,16,18)(H2,17,19). The fourth-order valence-electron chi connectivity index (χ4n) is 2.86. The minimum Gasteiger partial charge on any atom is -0.366 e. The van der Waals surface area contributed by atoms with Gasteiger partial charge in [0.2, 0.25) is 11.8 Å². The lowest BCUT2D eigenvalue weighted by Gasteiger charge is -2.22. The molecule has 2 rings (SSSR count). The molecule has 1 fully saturated rings. The number of nitrogens with two attached hydrogens (primary N) is 2. The molecule has 2 amide bonds. The minimum atomic E-state index is -0.471. The Balaban J connectivity index is 2.26. The number of hydrogen-bond donors (Lipinski definition) is 2. The van der Waals surface area contributed by atoms with Crippen LogP contribution in [0.5, 0.6) is 0 Å². The molecule has 1 saturated carbocycles. The molecule has 0 radical (unpaired) electrons. The fourth-order valence-corrected chi connectivity index (χ4v) is 2.86. The van der Waals surface area contributed by atoms with E-state index in [1.807, 2.05) is 0 Å². The summed E-state index contributed by atoms with van der Waals surface area (Å²) in [6.07, 6.45) is 6.94. The van der Waals surface area contributed by atoms with E-state index in [0.717, 1.165) is 12.0 Å². The third kappa shape index (κ3) is 3.34. The Morgan fingerprint density at radius 3 is 2.32 bits per heavy atom. The summed E-state index contributed by atoms with van der Waals surface area (Å²) in [6.45, 7) is 0. The van der Waals surface area contributed by atoms with E-state index >= 15 is 0 Å². The number of carbonyl (C=O) groups is 2. The maximum atomic E-state index is 11.5. The van der Waals surface area contributed by atoms with E-state index in [0.29, 0.717) is 17.0 Å². The summed E-state index contributed by atoms with van der Waals surface area (Å²) in [4.78, 5) is 22.7. The van der Waals surface area contributed by atoms with Crippen LogP contribution >= 0.6 is 0 Å². The Morgan fingerprint density at radius 1 is 1.05 bits per heavy atom. The summed E-state index contributed by atoms with van der Waals surface area (Å²) in [7, 11) is 0. The molecular formula is C15H20N2O2. The average Bonchev–Trinajstić information content (AvgIpc) is 2.39. The van der Waals surface area contributed by atoms with Gasteiger partial charge in [-0.15, -0.1) is 0 Å². The highest BCUT2D eigenvalue weighted by Gasteiger charge is 2.18. The van der Waals surface area contributed by atoms with Gasteiger partial charge in [-0.2, -0.15) is 0 Å². The summed E-state index contributed by atoms with van der Waals surface area (Å²) in [6, 6.07) is 4.89. The maximum Gasteiger partial charge on any atom is 0.248 e. The van der Waals surface area contributed by atoms with Crippen LogP contribution in [0.2, 0.25) is 0 Å². The molecule has 1 aromatic carbocycles. The van der Waals surface area contributed by atoms with Gasteiger partial charge in [-0.3, -0.25) is 9.59 Å². The SMILES string of the molecule is NC(=O)c1ccc(C(N)=O)c(CC2CCCCC2)c1.